The number of nitrogens with one attached hydrogen (secondary N) is 1. The summed E-state index contributed by atoms with van der Waals surface area (Å²) in [6.07, 6.45) is 1.39. The fraction of sp³-hybridized carbons (Fsp3) is 0.278. The molecule has 114 valence electrons. The second-order valence-electron chi connectivity index (χ2n) is 5.52. The van der Waals surface area contributed by atoms with Gasteiger partial charge in [0.05, 0.1) is 6.04 Å². The number of halogens is 1. The molecule has 1 heterocycles. The molecule has 2 aromatic carbocycles. The summed E-state index contributed by atoms with van der Waals surface area (Å²) in [4.78, 5) is 14.7. The molecule has 0 fully saturated rings. The summed E-state index contributed by atoms with van der Waals surface area (Å²) in [5.74, 6) is 0.0366. The van der Waals surface area contributed by atoms with Crippen LogP contribution in [-0.4, -0.2) is 23.9 Å². The van der Waals surface area contributed by atoms with Crippen molar-refractivity contribution in [1.29, 1.82) is 0 Å². The van der Waals surface area contributed by atoms with Gasteiger partial charge in [0.15, 0.2) is 0 Å². The van der Waals surface area contributed by atoms with E-state index < -0.39 is 0 Å². The van der Waals surface area contributed by atoms with Crippen LogP contribution in [0.1, 0.15) is 33.9 Å². The van der Waals surface area contributed by atoms with Crippen LogP contribution in [0.3, 0.4) is 0 Å². The van der Waals surface area contributed by atoms with Crippen LogP contribution in [0.15, 0.2) is 54.6 Å². The van der Waals surface area contributed by atoms with Gasteiger partial charge in [-0.3, -0.25) is 4.79 Å². The lowest BCUT2D eigenvalue weighted by Gasteiger charge is -2.37. The van der Waals surface area contributed by atoms with Gasteiger partial charge in [0.25, 0.3) is 5.91 Å². The van der Waals surface area contributed by atoms with Gasteiger partial charge in [0, 0.05) is 18.7 Å². The van der Waals surface area contributed by atoms with Crippen molar-refractivity contribution in [3.05, 3.63) is 71.3 Å². The summed E-state index contributed by atoms with van der Waals surface area (Å²) in [5, 5.41) is 0. The fourth-order valence-electron chi connectivity index (χ4n) is 3.07. The fourth-order valence-corrected chi connectivity index (χ4v) is 3.07. The summed E-state index contributed by atoms with van der Waals surface area (Å²) in [6, 6.07) is 17.8. The summed E-state index contributed by atoms with van der Waals surface area (Å²) in [7, 11) is 0. The lowest BCUT2D eigenvalue weighted by atomic mass is 9.89. The normalized spacial score (nSPS) is 17.4. The van der Waals surface area contributed by atoms with Crippen molar-refractivity contribution in [2.45, 2.75) is 18.9 Å². The van der Waals surface area contributed by atoms with Gasteiger partial charge in [0.1, 0.15) is 0 Å². The minimum atomic E-state index is 0.0169. The van der Waals surface area contributed by atoms with E-state index in [9.17, 15) is 9.28 Å². The minimum absolute atomic E-state index is 0.0169. The van der Waals surface area contributed by atoms with Crippen LogP contribution in [0, 0.1) is 0 Å². The first-order valence-corrected chi connectivity index (χ1v) is 7.58. The van der Waals surface area contributed by atoms with Gasteiger partial charge in [-0.1, -0.05) is 48.5 Å². The molecule has 0 saturated heterocycles. The molecule has 1 aliphatic rings. The van der Waals surface area contributed by atoms with Crippen molar-refractivity contribution in [2.24, 2.45) is 0 Å². The van der Waals surface area contributed by atoms with Gasteiger partial charge in [-0.25, -0.2) is 0 Å². The SMILES string of the molecule is O=C1c2ccccc2CC(c2ccccc2)N1CCCNF. The summed E-state index contributed by atoms with van der Waals surface area (Å²) >= 11 is 0. The maximum Gasteiger partial charge on any atom is 0.254 e. The zero-order valence-electron chi connectivity index (χ0n) is 12.3. The van der Waals surface area contributed by atoms with Crippen molar-refractivity contribution >= 4 is 5.91 Å². The van der Waals surface area contributed by atoms with E-state index in [-0.39, 0.29) is 18.5 Å². The van der Waals surface area contributed by atoms with Gasteiger partial charge in [-0.2, -0.15) is 5.54 Å². The smallest absolute Gasteiger partial charge is 0.254 e. The first-order valence-electron chi connectivity index (χ1n) is 7.58. The third-order valence-electron chi connectivity index (χ3n) is 4.15. The van der Waals surface area contributed by atoms with Gasteiger partial charge in [0.2, 0.25) is 0 Å². The highest BCUT2D eigenvalue weighted by molar-refractivity contribution is 5.97. The molecule has 1 aliphatic heterocycles. The van der Waals surface area contributed by atoms with Gasteiger partial charge in [-0.15, -0.1) is 4.48 Å². The monoisotopic (exact) mass is 298 g/mol. The van der Waals surface area contributed by atoms with Crippen LogP contribution in [0.2, 0.25) is 0 Å². The minimum Gasteiger partial charge on any atom is -0.331 e. The highest BCUT2D eigenvalue weighted by Crippen LogP contribution is 2.33. The summed E-state index contributed by atoms with van der Waals surface area (Å²) in [6.45, 7) is 0.802. The second kappa shape index (κ2) is 6.71. The molecule has 0 saturated carbocycles. The van der Waals surface area contributed by atoms with Crippen LogP contribution in [0.5, 0.6) is 0 Å². The third-order valence-corrected chi connectivity index (χ3v) is 4.15. The van der Waals surface area contributed by atoms with Crippen molar-refractivity contribution < 1.29 is 9.28 Å². The average molecular weight is 298 g/mol. The predicted octanol–water partition coefficient (Wildman–Crippen LogP) is 3.29. The van der Waals surface area contributed by atoms with E-state index in [1.165, 1.54) is 0 Å². The highest BCUT2D eigenvalue weighted by atomic mass is 19.2. The maximum atomic E-state index is 12.8. The number of carbonyl (C=O) groups excluding carboxylic acids is 1. The zero-order valence-corrected chi connectivity index (χ0v) is 12.3. The molecule has 0 aromatic heterocycles. The molecule has 4 heteroatoms. The number of carbonyl (C=O) groups is 1. The van der Waals surface area contributed by atoms with Crippen molar-refractivity contribution in [2.75, 3.05) is 13.1 Å². The van der Waals surface area contributed by atoms with Crippen LogP contribution in [0.4, 0.5) is 4.48 Å². The number of rotatable bonds is 5. The molecular formula is C18H19FN2O. The Morgan fingerprint density at radius 1 is 1.09 bits per heavy atom. The quantitative estimate of drug-likeness (QED) is 0.678. The van der Waals surface area contributed by atoms with E-state index >= 15 is 0 Å². The topological polar surface area (TPSA) is 32.3 Å². The molecule has 1 unspecified atom stereocenters. The Bertz CT molecular complexity index is 645. The Labute approximate surface area is 129 Å². The number of amides is 1. The van der Waals surface area contributed by atoms with E-state index in [0.717, 1.165) is 23.1 Å². The molecule has 22 heavy (non-hydrogen) atoms. The zero-order chi connectivity index (χ0) is 15.4. The lowest BCUT2D eigenvalue weighted by Crippen LogP contribution is -2.41. The second-order valence-corrected chi connectivity index (χ2v) is 5.52. The van der Waals surface area contributed by atoms with Crippen molar-refractivity contribution in [1.82, 2.24) is 10.4 Å². The first-order chi connectivity index (χ1) is 10.8. The molecule has 0 radical (unpaired) electrons. The predicted molar refractivity (Wildman–Crippen MR) is 84.1 cm³/mol. The third kappa shape index (κ3) is 2.88. The number of hydrogen-bond donors (Lipinski definition) is 1. The summed E-state index contributed by atoms with van der Waals surface area (Å²) < 4.78 is 12.2. The summed E-state index contributed by atoms with van der Waals surface area (Å²) in [5.41, 5.74) is 4.63. The van der Waals surface area contributed by atoms with E-state index in [2.05, 4.69) is 0 Å². The Hall–Kier alpha value is -2.20. The highest BCUT2D eigenvalue weighted by Gasteiger charge is 2.32. The van der Waals surface area contributed by atoms with Crippen LogP contribution in [0.25, 0.3) is 0 Å². The van der Waals surface area contributed by atoms with Gasteiger partial charge >= 0.3 is 0 Å². The standard InChI is InChI=1S/C18H19FN2O/c19-20-11-6-12-21-17(14-7-2-1-3-8-14)13-15-9-4-5-10-16(15)18(21)22/h1-5,7-10,17,20H,6,11-13H2. The Kier molecular flexibility index (Phi) is 4.49. The molecule has 0 aliphatic carbocycles. The molecule has 2 aromatic rings. The number of hydrogen-bond acceptors (Lipinski definition) is 2. The molecule has 3 rings (SSSR count). The molecule has 3 nitrogen and oxygen atoms in total. The van der Waals surface area contributed by atoms with Crippen LogP contribution in [-0.2, 0) is 6.42 Å². The average Bonchev–Trinajstić information content (AvgIpc) is 2.57. The van der Waals surface area contributed by atoms with Gasteiger partial charge < -0.3 is 4.90 Å². The van der Waals surface area contributed by atoms with Crippen LogP contribution < -0.4 is 5.54 Å². The van der Waals surface area contributed by atoms with Crippen LogP contribution >= 0.6 is 0 Å². The molecule has 0 spiro atoms. The number of benzene rings is 2. The van der Waals surface area contributed by atoms with Gasteiger partial charge in [-0.05, 0) is 30.0 Å². The van der Waals surface area contributed by atoms with E-state index in [1.54, 1.807) is 5.54 Å². The molecular weight excluding hydrogens is 279 g/mol. The molecule has 1 atom stereocenters. The Morgan fingerprint density at radius 3 is 2.59 bits per heavy atom. The first kappa shape index (κ1) is 14.7. The molecule has 1 amide bonds. The lowest BCUT2D eigenvalue weighted by molar-refractivity contribution is 0.0641. The largest absolute Gasteiger partial charge is 0.331 e. The Balaban J connectivity index is 1.93. The number of fused-ring (bicyclic) bond motifs is 1. The van der Waals surface area contributed by atoms with E-state index in [4.69, 9.17) is 0 Å². The van der Waals surface area contributed by atoms with E-state index in [1.807, 2.05) is 59.5 Å². The maximum absolute atomic E-state index is 12.8. The molecule has 0 bridgehead atoms. The number of nitrogens with zero attached hydrogens (tertiary/aromatic N) is 1. The van der Waals surface area contributed by atoms with Crippen molar-refractivity contribution in [3.63, 3.8) is 0 Å². The Morgan fingerprint density at radius 2 is 1.82 bits per heavy atom. The molecule has 1 N–H and O–H groups in total. The van der Waals surface area contributed by atoms with Crippen molar-refractivity contribution in [3.8, 4) is 0 Å². The van der Waals surface area contributed by atoms with E-state index in [0.29, 0.717) is 13.0 Å².